The fraction of sp³-hybridized carbons (Fsp3) is 0.154. The molecule has 1 aliphatic heterocycles. The lowest BCUT2D eigenvalue weighted by molar-refractivity contribution is 0.0697. The summed E-state index contributed by atoms with van der Waals surface area (Å²) < 4.78 is 5.23. The van der Waals surface area contributed by atoms with Crippen LogP contribution in [0.4, 0.5) is 5.69 Å². The molecule has 0 bridgehead atoms. The van der Waals surface area contributed by atoms with E-state index in [1.54, 1.807) is 18.2 Å². The minimum absolute atomic E-state index is 0.240. The first kappa shape index (κ1) is 11.3. The van der Waals surface area contributed by atoms with E-state index in [2.05, 4.69) is 0 Å². The number of methoxy groups -OCH3 is 1. The van der Waals surface area contributed by atoms with Crippen LogP contribution in [-0.4, -0.2) is 24.7 Å². The fourth-order valence-electron chi connectivity index (χ4n) is 1.79. The standard InChI is InChI=1S/C13H13NO3/c1-17-11-7-5-6-10(13(15)16)12(11)14-8-3-2-4-9-14/h2-8H,9H2,1H3,(H,15,16). The second-order valence-electron chi connectivity index (χ2n) is 3.58. The molecule has 1 aliphatic rings. The van der Waals surface area contributed by atoms with Crippen LogP contribution in [0.15, 0.2) is 42.6 Å². The monoisotopic (exact) mass is 231 g/mol. The number of carboxylic acids is 1. The molecule has 1 heterocycles. The smallest absolute Gasteiger partial charge is 0.337 e. The lowest BCUT2D eigenvalue weighted by Gasteiger charge is -2.24. The van der Waals surface area contributed by atoms with Crippen LogP contribution in [-0.2, 0) is 0 Å². The summed E-state index contributed by atoms with van der Waals surface area (Å²) in [5.74, 6) is -0.397. The second kappa shape index (κ2) is 4.74. The third-order valence-electron chi connectivity index (χ3n) is 2.55. The Bertz CT molecular complexity index is 491. The molecule has 4 heteroatoms. The Kier molecular flexibility index (Phi) is 3.14. The number of para-hydroxylation sites is 1. The molecule has 0 aromatic heterocycles. The Balaban J connectivity index is 2.52. The summed E-state index contributed by atoms with van der Waals surface area (Å²) in [7, 11) is 1.54. The zero-order valence-electron chi connectivity index (χ0n) is 9.46. The molecule has 0 fully saturated rings. The third-order valence-corrected chi connectivity index (χ3v) is 2.55. The van der Waals surface area contributed by atoms with Crippen molar-refractivity contribution < 1.29 is 14.6 Å². The van der Waals surface area contributed by atoms with Gasteiger partial charge in [-0.25, -0.2) is 4.79 Å². The molecule has 1 N–H and O–H groups in total. The van der Waals surface area contributed by atoms with Gasteiger partial charge in [0, 0.05) is 12.7 Å². The van der Waals surface area contributed by atoms with Crippen LogP contribution >= 0.6 is 0 Å². The van der Waals surface area contributed by atoms with Crippen molar-refractivity contribution in [2.75, 3.05) is 18.6 Å². The van der Waals surface area contributed by atoms with Gasteiger partial charge in [-0.2, -0.15) is 0 Å². The molecule has 0 radical (unpaired) electrons. The molecule has 88 valence electrons. The average Bonchev–Trinajstić information content (AvgIpc) is 2.38. The van der Waals surface area contributed by atoms with Gasteiger partial charge in [-0.3, -0.25) is 0 Å². The molecule has 0 unspecified atom stereocenters. The third kappa shape index (κ3) is 2.15. The second-order valence-corrected chi connectivity index (χ2v) is 3.58. The fourth-order valence-corrected chi connectivity index (χ4v) is 1.79. The van der Waals surface area contributed by atoms with Gasteiger partial charge in [-0.1, -0.05) is 18.2 Å². The highest BCUT2D eigenvalue weighted by molar-refractivity contribution is 5.96. The number of ether oxygens (including phenoxy) is 1. The van der Waals surface area contributed by atoms with E-state index in [1.165, 1.54) is 7.11 Å². The lowest BCUT2D eigenvalue weighted by Crippen LogP contribution is -2.21. The summed E-state index contributed by atoms with van der Waals surface area (Å²) in [6.45, 7) is 0.636. The van der Waals surface area contributed by atoms with E-state index < -0.39 is 5.97 Å². The molecule has 0 saturated carbocycles. The van der Waals surface area contributed by atoms with Gasteiger partial charge in [0.15, 0.2) is 0 Å². The Hall–Kier alpha value is -2.23. The van der Waals surface area contributed by atoms with Crippen molar-refractivity contribution in [1.29, 1.82) is 0 Å². The molecule has 4 nitrogen and oxygen atoms in total. The number of hydrogen-bond donors (Lipinski definition) is 1. The number of benzene rings is 1. The van der Waals surface area contributed by atoms with Crippen LogP contribution in [0.2, 0.25) is 0 Å². The normalized spacial score (nSPS) is 13.8. The van der Waals surface area contributed by atoms with Crippen molar-refractivity contribution in [2.45, 2.75) is 0 Å². The van der Waals surface area contributed by atoms with Gasteiger partial charge >= 0.3 is 5.97 Å². The van der Waals surface area contributed by atoms with E-state index in [-0.39, 0.29) is 5.56 Å². The maximum absolute atomic E-state index is 11.2. The highest BCUT2D eigenvalue weighted by Gasteiger charge is 2.19. The summed E-state index contributed by atoms with van der Waals surface area (Å²) >= 11 is 0. The molecule has 2 rings (SSSR count). The lowest BCUT2D eigenvalue weighted by atomic mass is 10.1. The van der Waals surface area contributed by atoms with E-state index in [0.29, 0.717) is 18.0 Å². The van der Waals surface area contributed by atoms with Crippen molar-refractivity contribution in [2.24, 2.45) is 0 Å². The molecular formula is C13H13NO3. The summed E-state index contributed by atoms with van der Waals surface area (Å²) in [4.78, 5) is 13.1. The van der Waals surface area contributed by atoms with Crippen LogP contribution in [0.3, 0.4) is 0 Å². The molecule has 0 spiro atoms. The van der Waals surface area contributed by atoms with Crippen molar-refractivity contribution in [1.82, 2.24) is 0 Å². The number of rotatable bonds is 3. The van der Waals surface area contributed by atoms with E-state index in [1.807, 2.05) is 29.3 Å². The Morgan fingerprint density at radius 2 is 2.24 bits per heavy atom. The van der Waals surface area contributed by atoms with Gasteiger partial charge in [0.2, 0.25) is 0 Å². The van der Waals surface area contributed by atoms with Crippen LogP contribution in [0.25, 0.3) is 0 Å². The van der Waals surface area contributed by atoms with E-state index in [4.69, 9.17) is 4.74 Å². The van der Waals surface area contributed by atoms with E-state index in [9.17, 15) is 9.90 Å². The largest absolute Gasteiger partial charge is 0.495 e. The van der Waals surface area contributed by atoms with E-state index >= 15 is 0 Å². The summed E-state index contributed by atoms with van der Waals surface area (Å²) in [6, 6.07) is 5.01. The number of carboxylic acid groups (broad SMARTS) is 1. The van der Waals surface area contributed by atoms with Gasteiger partial charge in [0.1, 0.15) is 5.75 Å². The quantitative estimate of drug-likeness (QED) is 0.867. The highest BCUT2D eigenvalue weighted by Crippen LogP contribution is 2.33. The number of carbonyl (C=O) groups is 1. The van der Waals surface area contributed by atoms with Crippen molar-refractivity contribution in [3.63, 3.8) is 0 Å². The molecule has 1 aromatic carbocycles. The van der Waals surface area contributed by atoms with Crippen LogP contribution in [0, 0.1) is 0 Å². The highest BCUT2D eigenvalue weighted by atomic mass is 16.5. The number of aromatic carboxylic acids is 1. The summed E-state index contributed by atoms with van der Waals surface area (Å²) in [5.41, 5.74) is 0.826. The molecule has 0 aliphatic carbocycles. The Morgan fingerprint density at radius 1 is 1.41 bits per heavy atom. The number of anilines is 1. The summed E-state index contributed by atoms with van der Waals surface area (Å²) in [5, 5.41) is 9.19. The zero-order chi connectivity index (χ0) is 12.3. The van der Waals surface area contributed by atoms with Crippen LogP contribution in [0.1, 0.15) is 10.4 Å². The van der Waals surface area contributed by atoms with Gasteiger partial charge in [0.25, 0.3) is 0 Å². The number of nitrogens with zero attached hydrogens (tertiary/aromatic N) is 1. The Morgan fingerprint density at radius 3 is 2.82 bits per heavy atom. The summed E-state index contributed by atoms with van der Waals surface area (Å²) in [6.07, 6.45) is 7.58. The maximum atomic E-state index is 11.2. The number of hydrogen-bond acceptors (Lipinski definition) is 3. The van der Waals surface area contributed by atoms with Crippen LogP contribution < -0.4 is 9.64 Å². The first-order chi connectivity index (χ1) is 8.24. The van der Waals surface area contributed by atoms with Crippen molar-refractivity contribution in [3.8, 4) is 5.75 Å². The number of allylic oxidation sites excluding steroid dienone is 2. The molecule has 17 heavy (non-hydrogen) atoms. The first-order valence-corrected chi connectivity index (χ1v) is 5.24. The zero-order valence-corrected chi connectivity index (χ0v) is 9.46. The average molecular weight is 231 g/mol. The molecule has 0 amide bonds. The van der Waals surface area contributed by atoms with Crippen molar-refractivity contribution >= 4 is 11.7 Å². The maximum Gasteiger partial charge on any atom is 0.337 e. The van der Waals surface area contributed by atoms with Gasteiger partial charge in [0.05, 0.1) is 18.4 Å². The SMILES string of the molecule is COc1cccc(C(=O)O)c1N1C=CC=CC1. The molecular weight excluding hydrogens is 218 g/mol. The van der Waals surface area contributed by atoms with E-state index in [0.717, 1.165) is 0 Å². The van der Waals surface area contributed by atoms with Gasteiger partial charge < -0.3 is 14.7 Å². The van der Waals surface area contributed by atoms with Gasteiger partial charge in [-0.05, 0) is 18.2 Å². The molecule has 1 aromatic rings. The first-order valence-electron chi connectivity index (χ1n) is 5.24. The predicted octanol–water partition coefficient (Wildman–Crippen LogP) is 2.28. The predicted molar refractivity (Wildman–Crippen MR) is 65.6 cm³/mol. The minimum atomic E-state index is -0.957. The minimum Gasteiger partial charge on any atom is -0.495 e. The van der Waals surface area contributed by atoms with Crippen LogP contribution in [0.5, 0.6) is 5.75 Å². The van der Waals surface area contributed by atoms with Gasteiger partial charge in [-0.15, -0.1) is 0 Å². The van der Waals surface area contributed by atoms with Crippen molar-refractivity contribution in [3.05, 3.63) is 48.2 Å². The molecule has 0 atom stereocenters. The molecule has 0 saturated heterocycles. The Labute approximate surface area is 99.4 Å². The topological polar surface area (TPSA) is 49.8 Å².